The fourth-order valence-corrected chi connectivity index (χ4v) is 7.74. The first-order chi connectivity index (χ1) is 12.0. The van der Waals surface area contributed by atoms with Gasteiger partial charge in [0, 0.05) is 6.42 Å². The minimum Gasteiger partial charge on any atom is -0.295 e. The molecule has 0 radical (unpaired) electrons. The summed E-state index contributed by atoms with van der Waals surface area (Å²) in [4.78, 5) is 12.0. The van der Waals surface area contributed by atoms with Crippen molar-refractivity contribution >= 4 is 5.78 Å². The summed E-state index contributed by atoms with van der Waals surface area (Å²) in [5.74, 6) is 5.09. The Morgan fingerprint density at radius 3 is 2.60 bits per heavy atom. The smallest absolute Gasteiger partial charge is 0.155 e. The van der Waals surface area contributed by atoms with Crippen molar-refractivity contribution in [2.45, 2.75) is 71.6 Å². The van der Waals surface area contributed by atoms with Gasteiger partial charge in [-0.2, -0.15) is 5.26 Å². The van der Waals surface area contributed by atoms with Gasteiger partial charge in [0.1, 0.15) is 0 Å². The van der Waals surface area contributed by atoms with Crippen molar-refractivity contribution in [1.29, 1.82) is 5.26 Å². The number of rotatable bonds is 1. The van der Waals surface area contributed by atoms with Crippen molar-refractivity contribution in [1.82, 2.24) is 0 Å². The van der Waals surface area contributed by atoms with Gasteiger partial charge in [0.2, 0.25) is 0 Å². The van der Waals surface area contributed by atoms with E-state index in [1.807, 2.05) is 6.08 Å². The maximum Gasteiger partial charge on any atom is 0.155 e. The molecule has 0 aromatic carbocycles. The lowest BCUT2D eigenvalue weighted by Gasteiger charge is -2.57. The highest BCUT2D eigenvalue weighted by atomic mass is 16.1. The summed E-state index contributed by atoms with van der Waals surface area (Å²) in [7, 11) is 0. The largest absolute Gasteiger partial charge is 0.295 e. The number of fused-ring (bicyclic) bond motifs is 5. The molecule has 4 fully saturated rings. The minimum atomic E-state index is -0.130. The number of allylic oxidation sites excluding steroid dienone is 1. The van der Waals surface area contributed by atoms with Gasteiger partial charge in [0.05, 0.1) is 11.5 Å². The average molecular weight is 338 g/mol. The highest BCUT2D eigenvalue weighted by Gasteiger charge is 2.63. The van der Waals surface area contributed by atoms with Gasteiger partial charge in [-0.1, -0.05) is 12.5 Å². The summed E-state index contributed by atoms with van der Waals surface area (Å²) in [6.45, 7) is 4.69. The van der Waals surface area contributed by atoms with Gasteiger partial charge in [-0.25, -0.2) is 0 Å². The van der Waals surface area contributed by atoms with Gasteiger partial charge in [-0.05, 0) is 105 Å². The Bertz CT molecular complexity index is 683. The Labute approximate surface area is 152 Å². The third-order valence-electron chi connectivity index (χ3n) is 9.47. The van der Waals surface area contributed by atoms with Crippen LogP contribution in [0.5, 0.6) is 0 Å². The molecule has 0 N–H and O–H groups in total. The van der Waals surface area contributed by atoms with Crippen LogP contribution in [0.1, 0.15) is 71.6 Å². The maximum absolute atomic E-state index is 12.0. The SMILES string of the molecule is C[C@]1(C#N)CC[C@H]2[C@@H]3C(C4CC4)CC4=CC(=O)CC[C@@H]4[C@H]3CC[C@@]21C. The van der Waals surface area contributed by atoms with Crippen LogP contribution < -0.4 is 0 Å². The fraction of sp³-hybridized carbons (Fsp3) is 0.826. The Hall–Kier alpha value is -1.10. The van der Waals surface area contributed by atoms with E-state index >= 15 is 0 Å². The molecular formula is C23H31NO. The molecule has 7 atom stereocenters. The molecule has 134 valence electrons. The minimum absolute atomic E-state index is 0.130. The molecule has 1 unspecified atom stereocenters. The second kappa shape index (κ2) is 5.21. The van der Waals surface area contributed by atoms with Gasteiger partial charge in [-0.3, -0.25) is 4.79 Å². The molecule has 5 aliphatic carbocycles. The monoisotopic (exact) mass is 337 g/mol. The lowest BCUT2D eigenvalue weighted by Crippen LogP contribution is -2.52. The Morgan fingerprint density at radius 1 is 1.08 bits per heavy atom. The third-order valence-corrected chi connectivity index (χ3v) is 9.47. The first-order valence-electron chi connectivity index (χ1n) is 10.6. The Balaban J connectivity index is 1.55. The highest BCUT2D eigenvalue weighted by Crippen LogP contribution is 2.70. The van der Waals surface area contributed by atoms with Gasteiger partial charge >= 0.3 is 0 Å². The molecule has 0 amide bonds. The highest BCUT2D eigenvalue weighted by molar-refractivity contribution is 5.91. The Kier molecular flexibility index (Phi) is 3.36. The van der Waals surface area contributed by atoms with E-state index in [1.165, 1.54) is 44.1 Å². The van der Waals surface area contributed by atoms with E-state index in [1.54, 1.807) is 0 Å². The molecule has 2 nitrogen and oxygen atoms in total. The van der Waals surface area contributed by atoms with Crippen molar-refractivity contribution in [2.75, 3.05) is 0 Å². The summed E-state index contributed by atoms with van der Waals surface area (Å²) in [6.07, 6.45) is 12.8. The predicted octanol–water partition coefficient (Wildman–Crippen LogP) is 5.29. The Morgan fingerprint density at radius 2 is 1.88 bits per heavy atom. The molecular weight excluding hydrogens is 306 g/mol. The van der Waals surface area contributed by atoms with E-state index in [9.17, 15) is 10.1 Å². The quantitative estimate of drug-likeness (QED) is 0.652. The van der Waals surface area contributed by atoms with Gasteiger partial charge in [-0.15, -0.1) is 0 Å². The van der Waals surface area contributed by atoms with Crippen LogP contribution in [0.3, 0.4) is 0 Å². The van der Waals surface area contributed by atoms with Gasteiger partial charge in [0.25, 0.3) is 0 Å². The van der Waals surface area contributed by atoms with Crippen LogP contribution in [0.25, 0.3) is 0 Å². The molecule has 4 saturated carbocycles. The molecule has 0 aliphatic heterocycles. The number of nitriles is 1. The molecule has 0 aromatic heterocycles. The van der Waals surface area contributed by atoms with Crippen molar-refractivity contribution in [3.8, 4) is 6.07 Å². The van der Waals surface area contributed by atoms with E-state index in [4.69, 9.17) is 0 Å². The van der Waals surface area contributed by atoms with E-state index in [2.05, 4.69) is 19.9 Å². The van der Waals surface area contributed by atoms with Crippen LogP contribution in [0.4, 0.5) is 0 Å². The number of nitrogens with zero attached hydrogens (tertiary/aromatic N) is 1. The van der Waals surface area contributed by atoms with E-state index in [0.717, 1.165) is 48.9 Å². The average Bonchev–Trinajstić information content (AvgIpc) is 3.40. The zero-order valence-corrected chi connectivity index (χ0v) is 15.8. The standard InChI is InChI=1S/C23H31NO/c1-22(13-24)9-8-20-21-18(7-10-23(20,22)2)17-6-5-16(25)11-15(17)12-19(21)14-3-4-14/h11,14,17-21H,3-10,12H2,1-2H3/t17-,18+,19?,20-,21-,22+,23-/m0/s1. The normalized spacial score (nSPS) is 51.8. The molecule has 0 bridgehead atoms. The molecule has 2 heteroatoms. The number of hydrogen-bond donors (Lipinski definition) is 0. The summed E-state index contributed by atoms with van der Waals surface area (Å²) in [5.41, 5.74) is 1.59. The molecule has 0 spiro atoms. The zero-order valence-electron chi connectivity index (χ0n) is 15.8. The fourth-order valence-electron chi connectivity index (χ4n) is 7.74. The molecule has 0 heterocycles. The number of ketones is 1. The van der Waals surface area contributed by atoms with Gasteiger partial charge in [0.15, 0.2) is 5.78 Å². The van der Waals surface area contributed by atoms with Crippen molar-refractivity contribution in [3.63, 3.8) is 0 Å². The molecule has 5 rings (SSSR count). The summed E-state index contributed by atoms with van der Waals surface area (Å²) < 4.78 is 0. The summed E-state index contributed by atoms with van der Waals surface area (Å²) >= 11 is 0. The third kappa shape index (κ3) is 2.11. The molecule has 0 saturated heterocycles. The second-order valence-electron chi connectivity index (χ2n) is 10.3. The molecule has 25 heavy (non-hydrogen) atoms. The van der Waals surface area contributed by atoms with Crippen LogP contribution in [0.15, 0.2) is 11.6 Å². The number of hydrogen-bond acceptors (Lipinski definition) is 2. The van der Waals surface area contributed by atoms with Gasteiger partial charge < -0.3 is 0 Å². The summed E-state index contributed by atoms with van der Waals surface area (Å²) in [5, 5.41) is 9.93. The number of carbonyl (C=O) groups excluding carboxylic acids is 1. The van der Waals surface area contributed by atoms with E-state index in [0.29, 0.717) is 11.7 Å². The molecule has 5 aliphatic rings. The van der Waals surface area contributed by atoms with E-state index < -0.39 is 0 Å². The van der Waals surface area contributed by atoms with Crippen molar-refractivity contribution in [2.24, 2.45) is 46.3 Å². The van der Waals surface area contributed by atoms with Crippen LogP contribution in [-0.4, -0.2) is 5.78 Å². The first kappa shape index (κ1) is 16.1. The van der Waals surface area contributed by atoms with Crippen molar-refractivity contribution in [3.05, 3.63) is 11.6 Å². The lowest BCUT2D eigenvalue weighted by atomic mass is 9.46. The molecule has 0 aromatic rings. The second-order valence-corrected chi connectivity index (χ2v) is 10.3. The van der Waals surface area contributed by atoms with Crippen LogP contribution >= 0.6 is 0 Å². The van der Waals surface area contributed by atoms with Crippen LogP contribution in [0, 0.1) is 57.7 Å². The predicted molar refractivity (Wildman–Crippen MR) is 97.4 cm³/mol. The summed E-state index contributed by atoms with van der Waals surface area (Å²) in [6, 6.07) is 2.74. The van der Waals surface area contributed by atoms with E-state index in [-0.39, 0.29) is 10.8 Å². The zero-order chi connectivity index (χ0) is 17.4. The van der Waals surface area contributed by atoms with Crippen LogP contribution in [0.2, 0.25) is 0 Å². The first-order valence-corrected chi connectivity index (χ1v) is 10.6. The maximum atomic E-state index is 12.0. The lowest BCUT2D eigenvalue weighted by molar-refractivity contribution is -0.116. The van der Waals surface area contributed by atoms with Crippen LogP contribution in [-0.2, 0) is 4.79 Å². The topological polar surface area (TPSA) is 40.9 Å². The number of carbonyl (C=O) groups is 1. The van der Waals surface area contributed by atoms with Crippen molar-refractivity contribution < 1.29 is 4.79 Å².